The molecule has 180 valence electrons. The van der Waals surface area contributed by atoms with Gasteiger partial charge in [0.2, 0.25) is 0 Å². The topological polar surface area (TPSA) is 121 Å². The summed E-state index contributed by atoms with van der Waals surface area (Å²) in [7, 11) is 0. The predicted octanol–water partition coefficient (Wildman–Crippen LogP) is 2.31. The predicted molar refractivity (Wildman–Crippen MR) is 124 cm³/mol. The van der Waals surface area contributed by atoms with Gasteiger partial charge >= 0.3 is 6.03 Å². The third-order valence-electron chi connectivity index (χ3n) is 6.27. The molecule has 1 aromatic carbocycles. The zero-order chi connectivity index (χ0) is 24.1. The lowest BCUT2D eigenvalue weighted by Gasteiger charge is -2.43. The second-order valence-corrected chi connectivity index (χ2v) is 8.72. The summed E-state index contributed by atoms with van der Waals surface area (Å²) >= 11 is 0. The average Bonchev–Trinajstić information content (AvgIpc) is 2.85. The zero-order valence-corrected chi connectivity index (χ0v) is 18.8. The summed E-state index contributed by atoms with van der Waals surface area (Å²) in [6.07, 6.45) is 5.46. The molecule has 2 aliphatic rings. The van der Waals surface area contributed by atoms with E-state index in [4.69, 9.17) is 5.73 Å². The van der Waals surface area contributed by atoms with Gasteiger partial charge in [0, 0.05) is 48.8 Å². The SMILES string of the molecule is NC1CCC(NC(=O)C2N(C(=O)Nc3cccc(F)c3)CCCN2C(=O)c2ccncc2)CC1. The first-order chi connectivity index (χ1) is 16.4. The summed E-state index contributed by atoms with van der Waals surface area (Å²) in [5.74, 6) is -1.27. The second-order valence-electron chi connectivity index (χ2n) is 8.72. The van der Waals surface area contributed by atoms with E-state index in [-0.39, 0.29) is 30.2 Å². The van der Waals surface area contributed by atoms with Crippen LogP contribution in [0, 0.1) is 5.82 Å². The van der Waals surface area contributed by atoms with Crippen LogP contribution in [0.2, 0.25) is 0 Å². The van der Waals surface area contributed by atoms with Gasteiger partial charge in [-0.15, -0.1) is 0 Å². The van der Waals surface area contributed by atoms with Gasteiger partial charge < -0.3 is 21.3 Å². The minimum atomic E-state index is -1.14. The van der Waals surface area contributed by atoms with Crippen LogP contribution in [0.1, 0.15) is 42.5 Å². The van der Waals surface area contributed by atoms with E-state index >= 15 is 0 Å². The van der Waals surface area contributed by atoms with Crippen LogP contribution in [0.15, 0.2) is 48.8 Å². The molecule has 1 saturated carbocycles. The minimum absolute atomic E-state index is 0.0692. The number of benzene rings is 1. The van der Waals surface area contributed by atoms with Crippen molar-refractivity contribution in [3.05, 3.63) is 60.2 Å². The number of amides is 4. The quantitative estimate of drug-likeness (QED) is 0.636. The number of nitrogens with zero attached hydrogens (tertiary/aromatic N) is 3. The highest BCUT2D eigenvalue weighted by Gasteiger charge is 2.41. The summed E-state index contributed by atoms with van der Waals surface area (Å²) in [5.41, 5.74) is 6.63. The first-order valence-corrected chi connectivity index (χ1v) is 11.5. The fraction of sp³-hybridized carbons (Fsp3) is 0.417. The van der Waals surface area contributed by atoms with E-state index in [1.165, 1.54) is 40.4 Å². The van der Waals surface area contributed by atoms with Crippen LogP contribution >= 0.6 is 0 Å². The molecule has 1 aliphatic heterocycles. The number of carbonyl (C=O) groups excluding carboxylic acids is 3. The molecule has 4 N–H and O–H groups in total. The van der Waals surface area contributed by atoms with Gasteiger partial charge in [-0.2, -0.15) is 0 Å². The van der Waals surface area contributed by atoms with Crippen LogP contribution in [-0.2, 0) is 4.79 Å². The lowest BCUT2D eigenvalue weighted by atomic mass is 9.91. The monoisotopic (exact) mass is 468 g/mol. The molecule has 2 aromatic rings. The third-order valence-corrected chi connectivity index (χ3v) is 6.27. The largest absolute Gasteiger partial charge is 0.350 e. The van der Waals surface area contributed by atoms with Gasteiger partial charge in [0.15, 0.2) is 6.17 Å². The van der Waals surface area contributed by atoms with E-state index in [0.29, 0.717) is 18.5 Å². The smallest absolute Gasteiger partial charge is 0.323 e. The molecule has 1 atom stereocenters. The number of carbonyl (C=O) groups is 3. The second kappa shape index (κ2) is 10.6. The third kappa shape index (κ3) is 5.51. The van der Waals surface area contributed by atoms with E-state index in [9.17, 15) is 18.8 Å². The van der Waals surface area contributed by atoms with Gasteiger partial charge in [-0.05, 0) is 62.4 Å². The number of urea groups is 1. The number of anilines is 1. The van der Waals surface area contributed by atoms with Gasteiger partial charge in [0.05, 0.1) is 0 Å². The van der Waals surface area contributed by atoms with Crippen LogP contribution in [0.4, 0.5) is 14.9 Å². The Morgan fingerprint density at radius 1 is 1.00 bits per heavy atom. The first-order valence-electron chi connectivity index (χ1n) is 11.5. The maximum Gasteiger partial charge on any atom is 0.323 e. The van der Waals surface area contributed by atoms with E-state index in [0.717, 1.165) is 25.7 Å². The Morgan fingerprint density at radius 2 is 1.71 bits per heavy atom. The fourth-order valence-electron chi connectivity index (χ4n) is 4.49. The summed E-state index contributed by atoms with van der Waals surface area (Å²) in [6, 6.07) is 8.14. The Bertz CT molecular complexity index is 1030. The first kappa shape index (κ1) is 23.6. The number of nitrogens with two attached hydrogens (primary N) is 1. The number of nitrogens with one attached hydrogen (secondary N) is 2. The lowest BCUT2D eigenvalue weighted by molar-refractivity contribution is -0.133. The molecule has 2 heterocycles. The van der Waals surface area contributed by atoms with E-state index in [1.54, 1.807) is 18.2 Å². The van der Waals surface area contributed by atoms with Gasteiger partial charge in [-0.1, -0.05) is 6.07 Å². The summed E-state index contributed by atoms with van der Waals surface area (Å²) in [6.45, 7) is 0.591. The molecule has 4 rings (SSSR count). The fourth-order valence-corrected chi connectivity index (χ4v) is 4.49. The number of hydrogen-bond donors (Lipinski definition) is 3. The highest BCUT2D eigenvalue weighted by atomic mass is 19.1. The average molecular weight is 469 g/mol. The van der Waals surface area contributed by atoms with E-state index in [1.807, 2.05) is 0 Å². The molecule has 1 saturated heterocycles. The number of hydrogen-bond acceptors (Lipinski definition) is 5. The summed E-state index contributed by atoms with van der Waals surface area (Å²) < 4.78 is 13.6. The van der Waals surface area contributed by atoms with Gasteiger partial charge in [0.1, 0.15) is 5.82 Å². The van der Waals surface area contributed by atoms with Crippen LogP contribution < -0.4 is 16.4 Å². The normalized spacial score (nSPS) is 22.7. The molecule has 1 unspecified atom stereocenters. The Balaban J connectivity index is 1.58. The van der Waals surface area contributed by atoms with Crippen molar-refractivity contribution < 1.29 is 18.8 Å². The highest BCUT2D eigenvalue weighted by Crippen LogP contribution is 2.22. The number of halogens is 1. The minimum Gasteiger partial charge on any atom is -0.350 e. The molecular weight excluding hydrogens is 439 g/mol. The van der Waals surface area contributed by atoms with Crippen molar-refractivity contribution in [3.63, 3.8) is 0 Å². The Morgan fingerprint density at radius 3 is 2.41 bits per heavy atom. The Kier molecular flexibility index (Phi) is 7.36. The number of aromatic nitrogens is 1. The van der Waals surface area contributed by atoms with Gasteiger partial charge in [-0.3, -0.25) is 19.5 Å². The summed E-state index contributed by atoms with van der Waals surface area (Å²) in [5, 5.41) is 5.67. The molecule has 4 amide bonds. The Hall–Kier alpha value is -3.53. The van der Waals surface area contributed by atoms with Crippen molar-refractivity contribution in [3.8, 4) is 0 Å². The lowest BCUT2D eigenvalue weighted by Crippen LogP contribution is -2.65. The molecule has 10 heteroatoms. The van der Waals surface area contributed by atoms with Crippen molar-refractivity contribution in [2.24, 2.45) is 5.73 Å². The molecule has 9 nitrogen and oxygen atoms in total. The highest BCUT2D eigenvalue weighted by molar-refractivity contribution is 6.00. The molecule has 34 heavy (non-hydrogen) atoms. The number of pyridine rings is 1. The maximum atomic E-state index is 13.6. The summed E-state index contributed by atoms with van der Waals surface area (Å²) in [4.78, 5) is 46.7. The van der Waals surface area contributed by atoms with Gasteiger partial charge in [0.25, 0.3) is 11.8 Å². The van der Waals surface area contributed by atoms with Gasteiger partial charge in [-0.25, -0.2) is 9.18 Å². The molecule has 0 spiro atoms. The van der Waals surface area contributed by atoms with Crippen molar-refractivity contribution in [1.82, 2.24) is 20.1 Å². The zero-order valence-electron chi connectivity index (χ0n) is 18.8. The van der Waals surface area contributed by atoms with Crippen molar-refractivity contribution in [2.45, 2.75) is 50.4 Å². The van der Waals surface area contributed by atoms with Crippen LogP contribution in [0.25, 0.3) is 0 Å². The molecule has 1 aliphatic carbocycles. The molecular formula is C24H29FN6O3. The Labute approximate surface area is 197 Å². The van der Waals surface area contributed by atoms with Crippen LogP contribution in [0.5, 0.6) is 0 Å². The molecule has 2 fully saturated rings. The van der Waals surface area contributed by atoms with E-state index < -0.39 is 23.9 Å². The van der Waals surface area contributed by atoms with Crippen molar-refractivity contribution in [2.75, 3.05) is 18.4 Å². The number of rotatable bonds is 4. The van der Waals surface area contributed by atoms with Crippen molar-refractivity contribution in [1.29, 1.82) is 0 Å². The van der Waals surface area contributed by atoms with Crippen molar-refractivity contribution >= 4 is 23.5 Å². The van der Waals surface area contributed by atoms with Crippen LogP contribution in [0.3, 0.4) is 0 Å². The standard InChI is InChI=1S/C24H29FN6O3/c25-17-3-1-4-20(15-17)29-24(34)31-14-2-13-30(23(33)16-9-11-27-12-10-16)22(31)21(32)28-19-7-5-18(26)6-8-19/h1,3-4,9-12,15,18-19,22H,2,5-8,13-14,26H2,(H,28,32)(H,29,34). The molecule has 1 aromatic heterocycles. The van der Waals surface area contributed by atoms with E-state index in [2.05, 4.69) is 15.6 Å². The molecule has 0 bridgehead atoms. The van der Waals surface area contributed by atoms with Crippen LogP contribution in [-0.4, -0.2) is 64.0 Å². The molecule has 0 radical (unpaired) electrons. The maximum absolute atomic E-state index is 13.6.